The number of benzene rings is 2. The van der Waals surface area contributed by atoms with Gasteiger partial charge in [0.15, 0.2) is 6.61 Å². The minimum absolute atomic E-state index is 0.0958. The van der Waals surface area contributed by atoms with E-state index in [0.29, 0.717) is 30.3 Å². The van der Waals surface area contributed by atoms with E-state index in [1.54, 1.807) is 30.3 Å². The predicted molar refractivity (Wildman–Crippen MR) is 113 cm³/mol. The fraction of sp³-hybridized carbons (Fsp3) is 0.227. The molecule has 1 heterocycles. The van der Waals surface area contributed by atoms with Crippen LogP contribution in [0.5, 0.6) is 5.75 Å². The van der Waals surface area contributed by atoms with Gasteiger partial charge in [-0.1, -0.05) is 47.5 Å². The van der Waals surface area contributed by atoms with Crippen molar-refractivity contribution in [3.05, 3.63) is 81.6 Å². The Morgan fingerprint density at radius 3 is 2.69 bits per heavy atom. The Kier molecular flexibility index (Phi) is 7.03. The maximum Gasteiger partial charge on any atom is 0.266 e. The number of amides is 1. The SMILES string of the molecule is Cc1ccc(-c2ccc(=O)n(CCCNC(=O)COc3cccc(Cl)c3)n2)cc1. The minimum Gasteiger partial charge on any atom is -0.484 e. The summed E-state index contributed by atoms with van der Waals surface area (Å²) in [4.78, 5) is 23.9. The Morgan fingerprint density at radius 2 is 1.93 bits per heavy atom. The van der Waals surface area contributed by atoms with E-state index in [0.717, 1.165) is 16.8 Å². The molecule has 2 aromatic carbocycles. The van der Waals surface area contributed by atoms with Crippen molar-refractivity contribution in [3.63, 3.8) is 0 Å². The summed E-state index contributed by atoms with van der Waals surface area (Å²) >= 11 is 5.88. The molecule has 1 N–H and O–H groups in total. The highest BCUT2D eigenvalue weighted by atomic mass is 35.5. The normalized spacial score (nSPS) is 10.6. The third-order valence-electron chi connectivity index (χ3n) is 4.25. The smallest absolute Gasteiger partial charge is 0.266 e. The number of aromatic nitrogens is 2. The number of carbonyl (C=O) groups excluding carboxylic acids is 1. The van der Waals surface area contributed by atoms with E-state index in [2.05, 4.69) is 10.4 Å². The zero-order valence-electron chi connectivity index (χ0n) is 16.1. The highest BCUT2D eigenvalue weighted by Gasteiger charge is 2.05. The van der Waals surface area contributed by atoms with Crippen molar-refractivity contribution in [1.29, 1.82) is 0 Å². The lowest BCUT2D eigenvalue weighted by molar-refractivity contribution is -0.123. The fourth-order valence-electron chi connectivity index (χ4n) is 2.70. The second-order valence-electron chi connectivity index (χ2n) is 6.60. The highest BCUT2D eigenvalue weighted by Crippen LogP contribution is 2.17. The molecule has 0 spiro atoms. The molecule has 0 aliphatic carbocycles. The van der Waals surface area contributed by atoms with Crippen molar-refractivity contribution in [1.82, 2.24) is 15.1 Å². The zero-order valence-corrected chi connectivity index (χ0v) is 16.9. The molecule has 29 heavy (non-hydrogen) atoms. The van der Waals surface area contributed by atoms with Crippen molar-refractivity contribution in [2.75, 3.05) is 13.2 Å². The van der Waals surface area contributed by atoms with Gasteiger partial charge in [-0.05, 0) is 37.6 Å². The van der Waals surface area contributed by atoms with Crippen molar-refractivity contribution in [2.45, 2.75) is 19.9 Å². The Balaban J connectivity index is 1.47. The number of rotatable bonds is 8. The summed E-state index contributed by atoms with van der Waals surface area (Å²) in [5.74, 6) is 0.301. The molecule has 0 aliphatic rings. The summed E-state index contributed by atoms with van der Waals surface area (Å²) in [5.41, 5.74) is 2.69. The second-order valence-corrected chi connectivity index (χ2v) is 7.03. The lowest BCUT2D eigenvalue weighted by Crippen LogP contribution is -2.31. The molecule has 3 rings (SSSR count). The lowest BCUT2D eigenvalue weighted by atomic mass is 10.1. The molecule has 7 heteroatoms. The number of nitrogens with one attached hydrogen (secondary N) is 1. The fourth-order valence-corrected chi connectivity index (χ4v) is 2.88. The van der Waals surface area contributed by atoms with Gasteiger partial charge in [0.1, 0.15) is 5.75 Å². The maximum absolute atomic E-state index is 12.1. The Morgan fingerprint density at radius 1 is 1.14 bits per heavy atom. The van der Waals surface area contributed by atoms with Gasteiger partial charge in [-0.2, -0.15) is 5.10 Å². The van der Waals surface area contributed by atoms with Crippen LogP contribution >= 0.6 is 11.6 Å². The van der Waals surface area contributed by atoms with Gasteiger partial charge in [0.25, 0.3) is 11.5 Å². The molecular weight excluding hydrogens is 390 g/mol. The van der Waals surface area contributed by atoms with E-state index < -0.39 is 0 Å². The molecule has 0 aliphatic heterocycles. The molecule has 3 aromatic rings. The van der Waals surface area contributed by atoms with Crippen molar-refractivity contribution in [2.24, 2.45) is 0 Å². The number of hydrogen-bond donors (Lipinski definition) is 1. The van der Waals surface area contributed by atoms with Crippen molar-refractivity contribution < 1.29 is 9.53 Å². The molecular formula is C22H22ClN3O3. The van der Waals surface area contributed by atoms with Crippen LogP contribution in [0.1, 0.15) is 12.0 Å². The third-order valence-corrected chi connectivity index (χ3v) is 4.48. The zero-order chi connectivity index (χ0) is 20.6. The standard InChI is InChI=1S/C22H22ClN3O3/c1-16-6-8-17(9-7-16)20-10-11-22(28)26(25-20)13-3-12-24-21(27)15-29-19-5-2-4-18(23)14-19/h2,4-11,14H,3,12-13,15H2,1H3,(H,24,27). The molecule has 1 aromatic heterocycles. The van der Waals surface area contributed by atoms with Gasteiger partial charge in [0.05, 0.1) is 5.69 Å². The Hall–Kier alpha value is -3.12. The van der Waals surface area contributed by atoms with Gasteiger partial charge in [0.2, 0.25) is 0 Å². The maximum atomic E-state index is 12.1. The molecule has 0 saturated heterocycles. The first-order valence-corrected chi connectivity index (χ1v) is 9.69. The van der Waals surface area contributed by atoms with E-state index in [4.69, 9.17) is 16.3 Å². The molecule has 150 valence electrons. The van der Waals surface area contributed by atoms with Crippen LogP contribution < -0.4 is 15.6 Å². The molecule has 0 radical (unpaired) electrons. The molecule has 0 atom stereocenters. The predicted octanol–water partition coefficient (Wildman–Crippen LogP) is 3.46. The van der Waals surface area contributed by atoms with E-state index >= 15 is 0 Å². The van der Waals surface area contributed by atoms with Crippen molar-refractivity contribution >= 4 is 17.5 Å². The van der Waals surface area contributed by atoms with Crippen LogP contribution in [-0.2, 0) is 11.3 Å². The van der Waals surface area contributed by atoms with Crippen LogP contribution in [0.3, 0.4) is 0 Å². The quantitative estimate of drug-likeness (QED) is 0.576. The van der Waals surface area contributed by atoms with Gasteiger partial charge in [-0.3, -0.25) is 9.59 Å². The van der Waals surface area contributed by atoms with Crippen LogP contribution in [0.4, 0.5) is 0 Å². The van der Waals surface area contributed by atoms with Crippen LogP contribution in [0.2, 0.25) is 5.02 Å². The average Bonchev–Trinajstić information content (AvgIpc) is 2.71. The Bertz CT molecular complexity index is 1030. The number of halogens is 1. The van der Waals surface area contributed by atoms with Gasteiger partial charge < -0.3 is 10.1 Å². The molecule has 0 saturated carbocycles. The largest absolute Gasteiger partial charge is 0.484 e. The average molecular weight is 412 g/mol. The number of aryl methyl sites for hydroxylation is 2. The summed E-state index contributed by atoms with van der Waals surface area (Å²) in [6.07, 6.45) is 0.577. The first kappa shape index (κ1) is 20.6. The van der Waals surface area contributed by atoms with Gasteiger partial charge in [-0.15, -0.1) is 0 Å². The van der Waals surface area contributed by atoms with E-state index in [-0.39, 0.29) is 18.1 Å². The van der Waals surface area contributed by atoms with E-state index in [9.17, 15) is 9.59 Å². The molecule has 1 amide bonds. The van der Waals surface area contributed by atoms with Gasteiger partial charge >= 0.3 is 0 Å². The van der Waals surface area contributed by atoms with Crippen molar-refractivity contribution in [3.8, 4) is 17.0 Å². The molecule has 0 fully saturated rings. The summed E-state index contributed by atoms with van der Waals surface area (Å²) in [7, 11) is 0. The molecule has 6 nitrogen and oxygen atoms in total. The summed E-state index contributed by atoms with van der Waals surface area (Å²) < 4.78 is 6.81. The number of ether oxygens (including phenoxy) is 1. The van der Waals surface area contributed by atoms with Gasteiger partial charge in [-0.25, -0.2) is 4.68 Å². The first-order valence-electron chi connectivity index (χ1n) is 9.31. The van der Waals surface area contributed by atoms with Crippen LogP contribution in [0, 0.1) is 6.92 Å². The van der Waals surface area contributed by atoms with Crippen LogP contribution in [0.15, 0.2) is 65.5 Å². The Labute approximate surface area is 174 Å². The van der Waals surface area contributed by atoms with E-state index in [1.165, 1.54) is 10.7 Å². The first-order chi connectivity index (χ1) is 14.0. The van der Waals surface area contributed by atoms with Gasteiger partial charge in [0, 0.05) is 29.7 Å². The molecule has 0 unspecified atom stereocenters. The topological polar surface area (TPSA) is 73.2 Å². The summed E-state index contributed by atoms with van der Waals surface area (Å²) in [6.45, 7) is 2.75. The minimum atomic E-state index is -0.237. The second kappa shape index (κ2) is 9.89. The number of hydrogen-bond acceptors (Lipinski definition) is 4. The third kappa shape index (κ3) is 6.19. The number of nitrogens with zero attached hydrogens (tertiary/aromatic N) is 2. The monoisotopic (exact) mass is 411 g/mol. The van der Waals surface area contributed by atoms with Crippen LogP contribution in [-0.4, -0.2) is 28.8 Å². The molecule has 0 bridgehead atoms. The summed E-state index contributed by atoms with van der Waals surface area (Å²) in [5, 5.41) is 7.75. The summed E-state index contributed by atoms with van der Waals surface area (Å²) in [6, 6.07) is 18.1. The van der Waals surface area contributed by atoms with E-state index in [1.807, 2.05) is 31.2 Å². The highest BCUT2D eigenvalue weighted by molar-refractivity contribution is 6.30. The number of carbonyl (C=O) groups is 1. The lowest BCUT2D eigenvalue weighted by Gasteiger charge is -2.09. The van der Waals surface area contributed by atoms with Crippen LogP contribution in [0.25, 0.3) is 11.3 Å².